The van der Waals surface area contributed by atoms with E-state index in [0.29, 0.717) is 11.1 Å². The van der Waals surface area contributed by atoms with Gasteiger partial charge in [0.25, 0.3) is 0 Å². The summed E-state index contributed by atoms with van der Waals surface area (Å²) in [5, 5.41) is -0.158. The van der Waals surface area contributed by atoms with Crippen molar-refractivity contribution in [1.82, 2.24) is 0 Å². The molecule has 6 heteroatoms. The maximum atomic E-state index is 12.9. The molecule has 0 saturated carbocycles. The van der Waals surface area contributed by atoms with Crippen molar-refractivity contribution in [3.63, 3.8) is 0 Å². The molecule has 0 fully saturated rings. The monoisotopic (exact) mass is 432 g/mol. The van der Waals surface area contributed by atoms with Crippen LogP contribution in [-0.2, 0) is 4.74 Å². The number of Topliss-reactive ketones (excluding diaryl/α,β-unsaturated/α-hetero) is 1. The Labute approximate surface area is 183 Å². The molecule has 0 aliphatic heterocycles. The molecule has 0 unspecified atom stereocenters. The number of ketones is 3. The van der Waals surface area contributed by atoms with Crippen LogP contribution < -0.4 is 0 Å². The molecule has 0 bridgehead atoms. The predicted octanol–water partition coefficient (Wildman–Crippen LogP) is 4.77. The number of hydrogen-bond acceptors (Lipinski definition) is 5. The summed E-state index contributed by atoms with van der Waals surface area (Å²) in [5.41, 5.74) is 2.74. The predicted molar refractivity (Wildman–Crippen MR) is 115 cm³/mol. The second kappa shape index (κ2) is 7.93. The third-order valence-corrected chi connectivity index (χ3v) is 5.67. The first-order chi connectivity index (χ1) is 14.8. The molecule has 1 aliphatic rings. The van der Waals surface area contributed by atoms with Gasteiger partial charge in [0.05, 0.1) is 16.1 Å². The Balaban J connectivity index is 1.61. The van der Waals surface area contributed by atoms with Gasteiger partial charge in [-0.1, -0.05) is 53.6 Å². The zero-order valence-corrected chi connectivity index (χ0v) is 17.6. The minimum Gasteiger partial charge on any atom is -0.454 e. The fraction of sp³-hybridized carbons (Fsp3) is 0.120. The molecule has 1 aliphatic carbocycles. The fourth-order valence-corrected chi connectivity index (χ4v) is 3.95. The van der Waals surface area contributed by atoms with Gasteiger partial charge in [-0.25, -0.2) is 4.79 Å². The van der Waals surface area contributed by atoms with Gasteiger partial charge in [-0.05, 0) is 37.6 Å². The first-order valence-corrected chi connectivity index (χ1v) is 9.96. The molecule has 0 spiro atoms. The van der Waals surface area contributed by atoms with E-state index in [0.717, 1.165) is 11.1 Å². The number of rotatable bonds is 4. The van der Waals surface area contributed by atoms with E-state index in [-0.39, 0.29) is 38.8 Å². The highest BCUT2D eigenvalue weighted by atomic mass is 35.5. The van der Waals surface area contributed by atoms with Gasteiger partial charge in [-0.2, -0.15) is 0 Å². The zero-order valence-electron chi connectivity index (χ0n) is 16.8. The van der Waals surface area contributed by atoms with Crippen LogP contribution >= 0.6 is 11.6 Å². The lowest BCUT2D eigenvalue weighted by Crippen LogP contribution is -2.23. The first-order valence-electron chi connectivity index (χ1n) is 9.58. The Kier molecular flexibility index (Phi) is 5.29. The summed E-state index contributed by atoms with van der Waals surface area (Å²) in [6.07, 6.45) is 0. The lowest BCUT2D eigenvalue weighted by atomic mass is 9.83. The second-order valence-electron chi connectivity index (χ2n) is 7.37. The van der Waals surface area contributed by atoms with E-state index < -0.39 is 18.4 Å². The maximum absolute atomic E-state index is 12.9. The van der Waals surface area contributed by atoms with Gasteiger partial charge in [0, 0.05) is 22.3 Å². The van der Waals surface area contributed by atoms with Crippen LogP contribution in [0.1, 0.15) is 63.7 Å². The molecule has 0 radical (unpaired) electrons. The Morgan fingerprint density at radius 1 is 0.839 bits per heavy atom. The normalized spacial score (nSPS) is 12.2. The maximum Gasteiger partial charge on any atom is 0.340 e. The summed E-state index contributed by atoms with van der Waals surface area (Å²) in [6.45, 7) is 3.20. The molecular formula is C25H17ClO5. The summed E-state index contributed by atoms with van der Waals surface area (Å²) in [4.78, 5) is 50.8. The largest absolute Gasteiger partial charge is 0.454 e. The molecule has 0 amide bonds. The molecule has 5 nitrogen and oxygen atoms in total. The van der Waals surface area contributed by atoms with E-state index in [4.69, 9.17) is 16.3 Å². The van der Waals surface area contributed by atoms with Crippen LogP contribution in [-0.4, -0.2) is 29.9 Å². The van der Waals surface area contributed by atoms with Crippen molar-refractivity contribution in [3.8, 4) is 0 Å². The summed E-state index contributed by atoms with van der Waals surface area (Å²) < 4.78 is 5.17. The van der Waals surface area contributed by atoms with E-state index in [1.165, 1.54) is 12.1 Å². The van der Waals surface area contributed by atoms with Crippen molar-refractivity contribution < 1.29 is 23.9 Å². The fourth-order valence-electron chi connectivity index (χ4n) is 3.63. The van der Waals surface area contributed by atoms with E-state index in [1.54, 1.807) is 37.3 Å². The number of carbonyl (C=O) groups excluding carboxylic acids is 4. The first kappa shape index (κ1) is 20.7. The molecule has 154 valence electrons. The molecule has 0 N–H and O–H groups in total. The van der Waals surface area contributed by atoms with Crippen molar-refractivity contribution in [2.75, 3.05) is 6.61 Å². The average molecular weight is 433 g/mol. The third kappa shape index (κ3) is 3.57. The third-order valence-electron chi connectivity index (χ3n) is 5.28. The Hall–Kier alpha value is -3.57. The van der Waals surface area contributed by atoms with Crippen molar-refractivity contribution >= 4 is 34.9 Å². The Morgan fingerprint density at radius 2 is 1.52 bits per heavy atom. The van der Waals surface area contributed by atoms with E-state index in [2.05, 4.69) is 0 Å². The SMILES string of the molecule is Cc1ccc(C)c(C(=O)COC(=O)c2ccc3c(c2Cl)C(=O)c2ccccc2C3=O)c1. The highest BCUT2D eigenvalue weighted by molar-refractivity contribution is 6.41. The van der Waals surface area contributed by atoms with Crippen molar-refractivity contribution in [2.45, 2.75) is 13.8 Å². The van der Waals surface area contributed by atoms with Crippen LogP contribution in [0.25, 0.3) is 0 Å². The Bertz CT molecular complexity index is 1290. The molecule has 3 aromatic carbocycles. The molecule has 0 saturated heterocycles. The standard InChI is InChI=1S/C25H17ClO5/c1-13-7-8-14(2)19(11-13)20(27)12-31-25(30)18-10-9-17-21(22(18)26)24(29)16-6-4-3-5-15(16)23(17)28/h3-11H,12H2,1-2H3. The molecule has 31 heavy (non-hydrogen) atoms. The van der Waals surface area contributed by atoms with Crippen LogP contribution in [0.5, 0.6) is 0 Å². The van der Waals surface area contributed by atoms with E-state index in [9.17, 15) is 19.2 Å². The zero-order chi connectivity index (χ0) is 22.3. The lowest BCUT2D eigenvalue weighted by Gasteiger charge is -2.19. The number of hydrogen-bond donors (Lipinski definition) is 0. The van der Waals surface area contributed by atoms with Crippen LogP contribution in [0.2, 0.25) is 5.02 Å². The second-order valence-corrected chi connectivity index (χ2v) is 7.75. The van der Waals surface area contributed by atoms with Crippen molar-refractivity contribution in [1.29, 1.82) is 0 Å². The summed E-state index contributed by atoms with van der Waals surface area (Å²) in [6, 6.07) is 14.6. The number of benzene rings is 3. The summed E-state index contributed by atoms with van der Waals surface area (Å²) in [7, 11) is 0. The molecule has 4 rings (SSSR count). The van der Waals surface area contributed by atoms with Crippen LogP contribution in [0.15, 0.2) is 54.6 Å². The number of carbonyl (C=O) groups is 4. The summed E-state index contributed by atoms with van der Waals surface area (Å²) >= 11 is 6.37. The highest BCUT2D eigenvalue weighted by Gasteiger charge is 2.33. The average Bonchev–Trinajstić information content (AvgIpc) is 2.77. The van der Waals surface area contributed by atoms with Crippen LogP contribution in [0.3, 0.4) is 0 Å². The highest BCUT2D eigenvalue weighted by Crippen LogP contribution is 2.34. The molecule has 3 aromatic rings. The van der Waals surface area contributed by atoms with Gasteiger partial charge in [0.2, 0.25) is 5.78 Å². The minimum absolute atomic E-state index is 0.0272. The van der Waals surface area contributed by atoms with E-state index in [1.807, 2.05) is 19.1 Å². The molecule has 0 heterocycles. The van der Waals surface area contributed by atoms with Crippen LogP contribution in [0.4, 0.5) is 0 Å². The number of ether oxygens (including phenoxy) is 1. The molecule has 0 aromatic heterocycles. The van der Waals surface area contributed by atoms with Gasteiger partial charge in [0.15, 0.2) is 18.2 Å². The number of fused-ring (bicyclic) bond motifs is 2. The van der Waals surface area contributed by atoms with Gasteiger partial charge in [-0.3, -0.25) is 14.4 Å². The van der Waals surface area contributed by atoms with Gasteiger partial charge < -0.3 is 4.74 Å². The van der Waals surface area contributed by atoms with Crippen molar-refractivity contribution in [3.05, 3.63) is 104 Å². The smallest absolute Gasteiger partial charge is 0.340 e. The minimum atomic E-state index is -0.842. The van der Waals surface area contributed by atoms with Gasteiger partial charge in [0.1, 0.15) is 0 Å². The summed E-state index contributed by atoms with van der Waals surface area (Å²) in [5.74, 6) is -1.96. The quantitative estimate of drug-likeness (QED) is 0.343. The molecular weight excluding hydrogens is 416 g/mol. The van der Waals surface area contributed by atoms with Gasteiger partial charge in [-0.15, -0.1) is 0 Å². The molecule has 0 atom stereocenters. The topological polar surface area (TPSA) is 77.5 Å². The van der Waals surface area contributed by atoms with Crippen LogP contribution in [0, 0.1) is 13.8 Å². The number of aryl methyl sites for hydroxylation is 2. The lowest BCUT2D eigenvalue weighted by molar-refractivity contribution is 0.0474. The van der Waals surface area contributed by atoms with Gasteiger partial charge >= 0.3 is 5.97 Å². The van der Waals surface area contributed by atoms with Crippen molar-refractivity contribution in [2.24, 2.45) is 0 Å². The Morgan fingerprint density at radius 3 is 2.23 bits per heavy atom. The number of esters is 1. The number of halogens is 1. The van der Waals surface area contributed by atoms with E-state index >= 15 is 0 Å².